The van der Waals surface area contributed by atoms with Crippen LogP contribution in [0.15, 0.2) is 59.1 Å². The third kappa shape index (κ3) is 2.39. The molecule has 96 valence electrons. The Bertz CT molecular complexity index is 670. The quantitative estimate of drug-likeness (QED) is 0.691. The Balaban J connectivity index is 2.23. The van der Waals surface area contributed by atoms with Crippen molar-refractivity contribution in [2.45, 2.75) is 6.42 Å². The van der Waals surface area contributed by atoms with E-state index in [2.05, 4.69) is 83.2 Å². The molecule has 0 radical (unpaired) electrons. The van der Waals surface area contributed by atoms with E-state index in [0.29, 0.717) is 5.92 Å². The molecule has 0 aliphatic heterocycles. The summed E-state index contributed by atoms with van der Waals surface area (Å²) in [5.74, 6) is 1.40. The van der Waals surface area contributed by atoms with E-state index < -0.39 is 0 Å². The highest BCUT2D eigenvalue weighted by molar-refractivity contribution is 9.10. The minimum Gasteiger partial charge on any atom is -0.179 e. The average Bonchev–Trinajstić information content (AvgIpc) is 2.48. The van der Waals surface area contributed by atoms with Gasteiger partial charge in [0.1, 0.15) is 0 Å². The Morgan fingerprint density at radius 3 is 2.68 bits per heavy atom. The van der Waals surface area contributed by atoms with Gasteiger partial charge in [-0.3, -0.25) is 0 Å². The molecule has 0 fully saturated rings. The van der Waals surface area contributed by atoms with E-state index in [1.54, 1.807) is 0 Å². The second-order valence-corrected chi connectivity index (χ2v) is 6.03. The average molecular weight is 331 g/mol. The molecule has 1 aliphatic carbocycles. The third-order valence-electron chi connectivity index (χ3n) is 3.67. The van der Waals surface area contributed by atoms with Crippen molar-refractivity contribution in [3.63, 3.8) is 0 Å². The maximum atomic E-state index is 4.50. The van der Waals surface area contributed by atoms with Crippen LogP contribution in [0.1, 0.15) is 12.0 Å². The fourth-order valence-corrected chi connectivity index (χ4v) is 3.50. The number of benzene rings is 2. The van der Waals surface area contributed by atoms with Gasteiger partial charge in [-0.05, 0) is 46.1 Å². The van der Waals surface area contributed by atoms with Crippen molar-refractivity contribution < 1.29 is 0 Å². The summed E-state index contributed by atoms with van der Waals surface area (Å²) < 4.78 is 1.15. The Labute approximate surface area is 127 Å². The molecule has 0 saturated heterocycles. The molecule has 1 unspecified atom stereocenters. The number of rotatable bonds is 2. The van der Waals surface area contributed by atoms with Crippen LogP contribution in [0.25, 0.3) is 16.3 Å². The van der Waals surface area contributed by atoms with Crippen molar-refractivity contribution >= 4 is 44.9 Å². The number of hydrogen-bond donors (Lipinski definition) is 1. The van der Waals surface area contributed by atoms with Crippen LogP contribution in [-0.4, -0.2) is 5.75 Å². The molecule has 2 heteroatoms. The minimum absolute atomic E-state index is 0.512. The SMILES string of the molecule is SCC1CC=CC=C1c1ccc(Br)c2ccccc12. The molecule has 3 rings (SSSR count). The molecular weight excluding hydrogens is 316 g/mol. The van der Waals surface area contributed by atoms with Gasteiger partial charge in [-0.15, -0.1) is 0 Å². The molecule has 0 N–H and O–H groups in total. The van der Waals surface area contributed by atoms with Crippen molar-refractivity contribution in [1.82, 2.24) is 0 Å². The van der Waals surface area contributed by atoms with Crippen LogP contribution >= 0.6 is 28.6 Å². The fourth-order valence-electron chi connectivity index (χ4n) is 2.67. The molecule has 0 amide bonds. The van der Waals surface area contributed by atoms with Gasteiger partial charge >= 0.3 is 0 Å². The highest BCUT2D eigenvalue weighted by atomic mass is 79.9. The molecule has 1 atom stereocenters. The lowest BCUT2D eigenvalue weighted by Crippen LogP contribution is -2.07. The largest absolute Gasteiger partial charge is 0.179 e. The summed E-state index contributed by atoms with van der Waals surface area (Å²) in [6.45, 7) is 0. The van der Waals surface area contributed by atoms with E-state index in [-0.39, 0.29) is 0 Å². The molecule has 2 aromatic carbocycles. The van der Waals surface area contributed by atoms with Gasteiger partial charge in [0.2, 0.25) is 0 Å². The summed E-state index contributed by atoms with van der Waals surface area (Å²) >= 11 is 8.14. The topological polar surface area (TPSA) is 0 Å². The standard InChI is InChI=1S/C17H15BrS/c18-17-10-9-15(14-7-3-4-8-16(14)17)13-6-2-1-5-12(13)11-19/h1-4,6-10,12,19H,5,11H2. The van der Waals surface area contributed by atoms with E-state index in [0.717, 1.165) is 16.6 Å². The van der Waals surface area contributed by atoms with Gasteiger partial charge in [0, 0.05) is 4.47 Å². The lowest BCUT2D eigenvalue weighted by Gasteiger charge is -2.21. The molecular formula is C17H15BrS. The van der Waals surface area contributed by atoms with Gasteiger partial charge in [0.05, 0.1) is 0 Å². The number of thiol groups is 1. The van der Waals surface area contributed by atoms with Crippen LogP contribution in [0, 0.1) is 5.92 Å². The number of fused-ring (bicyclic) bond motifs is 1. The maximum Gasteiger partial charge on any atom is 0.0254 e. The second-order valence-electron chi connectivity index (χ2n) is 4.81. The first-order valence-corrected chi connectivity index (χ1v) is 7.89. The zero-order chi connectivity index (χ0) is 13.2. The number of allylic oxidation sites excluding steroid dienone is 4. The molecule has 0 bridgehead atoms. The monoisotopic (exact) mass is 330 g/mol. The summed E-state index contributed by atoms with van der Waals surface area (Å²) in [5, 5.41) is 2.58. The van der Waals surface area contributed by atoms with Crippen LogP contribution in [0.4, 0.5) is 0 Å². The van der Waals surface area contributed by atoms with Crippen molar-refractivity contribution in [1.29, 1.82) is 0 Å². The predicted octanol–water partition coefficient (Wildman–Crippen LogP) is 5.49. The molecule has 0 saturated carbocycles. The van der Waals surface area contributed by atoms with Gasteiger partial charge in [0.15, 0.2) is 0 Å². The highest BCUT2D eigenvalue weighted by Gasteiger charge is 2.17. The lowest BCUT2D eigenvalue weighted by atomic mass is 9.85. The Morgan fingerprint density at radius 2 is 1.89 bits per heavy atom. The van der Waals surface area contributed by atoms with Crippen LogP contribution in [0.3, 0.4) is 0 Å². The predicted molar refractivity (Wildman–Crippen MR) is 90.7 cm³/mol. The first-order chi connectivity index (χ1) is 9.31. The van der Waals surface area contributed by atoms with Crippen molar-refractivity contribution in [3.05, 3.63) is 64.7 Å². The summed E-state index contributed by atoms with van der Waals surface area (Å²) in [7, 11) is 0. The van der Waals surface area contributed by atoms with Crippen LogP contribution in [0.2, 0.25) is 0 Å². The zero-order valence-corrected chi connectivity index (χ0v) is 13.0. The summed E-state index contributed by atoms with van der Waals surface area (Å²) in [6, 6.07) is 12.9. The van der Waals surface area contributed by atoms with Crippen LogP contribution < -0.4 is 0 Å². The molecule has 1 aliphatic rings. The third-order valence-corrected chi connectivity index (χ3v) is 4.81. The molecule has 0 aromatic heterocycles. The van der Waals surface area contributed by atoms with E-state index in [9.17, 15) is 0 Å². The molecule has 0 spiro atoms. The Hall–Kier alpha value is -0.990. The highest BCUT2D eigenvalue weighted by Crippen LogP contribution is 2.36. The molecule has 0 nitrogen and oxygen atoms in total. The fraction of sp³-hybridized carbons (Fsp3) is 0.176. The molecule has 2 aromatic rings. The maximum absolute atomic E-state index is 4.50. The summed E-state index contributed by atoms with van der Waals surface area (Å²) in [5.41, 5.74) is 2.74. The van der Waals surface area contributed by atoms with Crippen LogP contribution in [0.5, 0.6) is 0 Å². The van der Waals surface area contributed by atoms with Gasteiger partial charge in [0.25, 0.3) is 0 Å². The zero-order valence-electron chi connectivity index (χ0n) is 10.5. The smallest absolute Gasteiger partial charge is 0.0254 e. The normalized spacial score (nSPS) is 18.6. The van der Waals surface area contributed by atoms with Gasteiger partial charge in [-0.25, -0.2) is 0 Å². The lowest BCUT2D eigenvalue weighted by molar-refractivity contribution is 0.774. The Morgan fingerprint density at radius 1 is 1.11 bits per heavy atom. The van der Waals surface area contributed by atoms with Gasteiger partial charge < -0.3 is 0 Å². The van der Waals surface area contributed by atoms with Crippen LogP contribution in [-0.2, 0) is 0 Å². The Kier molecular flexibility index (Phi) is 3.81. The number of hydrogen-bond acceptors (Lipinski definition) is 1. The van der Waals surface area contributed by atoms with E-state index in [1.165, 1.54) is 21.9 Å². The van der Waals surface area contributed by atoms with Crippen molar-refractivity contribution in [2.24, 2.45) is 5.92 Å². The first-order valence-electron chi connectivity index (χ1n) is 6.46. The van der Waals surface area contributed by atoms with Gasteiger partial charge in [-0.1, -0.05) is 64.5 Å². The summed E-state index contributed by atoms with van der Waals surface area (Å²) in [4.78, 5) is 0. The van der Waals surface area contributed by atoms with E-state index >= 15 is 0 Å². The minimum atomic E-state index is 0.512. The first kappa shape index (κ1) is 13.0. The van der Waals surface area contributed by atoms with E-state index in [1.807, 2.05) is 0 Å². The van der Waals surface area contributed by atoms with Crippen molar-refractivity contribution in [3.8, 4) is 0 Å². The van der Waals surface area contributed by atoms with Crippen molar-refractivity contribution in [2.75, 3.05) is 5.75 Å². The number of halogens is 1. The molecule has 19 heavy (non-hydrogen) atoms. The summed E-state index contributed by atoms with van der Waals surface area (Å²) in [6.07, 6.45) is 7.71. The molecule has 0 heterocycles. The second kappa shape index (κ2) is 5.56. The van der Waals surface area contributed by atoms with Gasteiger partial charge in [-0.2, -0.15) is 12.6 Å². The van der Waals surface area contributed by atoms with E-state index in [4.69, 9.17) is 0 Å².